The molecule has 0 radical (unpaired) electrons. The summed E-state index contributed by atoms with van der Waals surface area (Å²) in [6.07, 6.45) is -4.18. The lowest BCUT2D eigenvalue weighted by Gasteiger charge is -2.22. The number of carbonyl (C=O) groups is 1. The molecule has 1 atom stereocenters. The second kappa shape index (κ2) is 7.31. The van der Waals surface area contributed by atoms with E-state index in [-0.39, 0.29) is 11.5 Å². The van der Waals surface area contributed by atoms with Gasteiger partial charge in [0, 0.05) is 32.7 Å². The van der Waals surface area contributed by atoms with Crippen LogP contribution < -0.4 is 0 Å². The molecule has 0 saturated carbocycles. The van der Waals surface area contributed by atoms with Crippen molar-refractivity contribution in [3.05, 3.63) is 35.4 Å². The van der Waals surface area contributed by atoms with Gasteiger partial charge in [-0.15, -0.1) is 0 Å². The highest BCUT2D eigenvalue weighted by molar-refractivity contribution is 5.87. The van der Waals surface area contributed by atoms with Crippen LogP contribution in [0.25, 0.3) is 0 Å². The molecular weight excluding hydrogens is 309 g/mol. The van der Waals surface area contributed by atoms with Gasteiger partial charge in [0.15, 0.2) is 0 Å². The van der Waals surface area contributed by atoms with Crippen LogP contribution in [0.1, 0.15) is 22.8 Å². The van der Waals surface area contributed by atoms with Gasteiger partial charge in [0.2, 0.25) is 0 Å². The summed E-state index contributed by atoms with van der Waals surface area (Å²) in [4.78, 5) is 14.5. The van der Waals surface area contributed by atoms with Crippen LogP contribution in [0.2, 0.25) is 0 Å². The van der Waals surface area contributed by atoms with E-state index >= 15 is 0 Å². The lowest BCUT2D eigenvalue weighted by Crippen LogP contribution is -2.37. The Labute approximate surface area is 133 Å². The van der Waals surface area contributed by atoms with Gasteiger partial charge in [-0.2, -0.15) is 13.2 Å². The molecule has 128 valence electrons. The van der Waals surface area contributed by atoms with E-state index in [1.54, 1.807) is 12.1 Å². The zero-order valence-corrected chi connectivity index (χ0v) is 13.0. The predicted octanol–water partition coefficient (Wildman–Crippen LogP) is 2.70. The highest BCUT2D eigenvalue weighted by Crippen LogP contribution is 2.20. The Balaban J connectivity index is 1.99. The summed E-state index contributed by atoms with van der Waals surface area (Å²) in [5, 5.41) is 9.02. The topological polar surface area (TPSA) is 43.8 Å². The van der Waals surface area contributed by atoms with Crippen molar-refractivity contribution in [2.45, 2.75) is 19.6 Å². The summed E-state index contributed by atoms with van der Waals surface area (Å²) >= 11 is 0. The molecule has 23 heavy (non-hydrogen) atoms. The Hall–Kier alpha value is -1.60. The first-order valence-electron chi connectivity index (χ1n) is 7.56. The molecule has 2 rings (SSSR count). The zero-order chi connectivity index (χ0) is 17.0. The second-order valence-electron chi connectivity index (χ2n) is 6.20. The minimum Gasteiger partial charge on any atom is -0.478 e. The number of aromatic carboxylic acids is 1. The van der Waals surface area contributed by atoms with Gasteiger partial charge in [-0.3, -0.25) is 9.80 Å². The van der Waals surface area contributed by atoms with Gasteiger partial charge in [0.25, 0.3) is 0 Å². The van der Waals surface area contributed by atoms with Crippen molar-refractivity contribution in [3.8, 4) is 0 Å². The van der Waals surface area contributed by atoms with Crippen molar-refractivity contribution >= 4 is 5.97 Å². The van der Waals surface area contributed by atoms with Crippen molar-refractivity contribution in [2.75, 3.05) is 32.7 Å². The van der Waals surface area contributed by atoms with Crippen LogP contribution in [0.15, 0.2) is 24.3 Å². The van der Waals surface area contributed by atoms with E-state index in [1.165, 1.54) is 11.0 Å². The van der Waals surface area contributed by atoms with Crippen LogP contribution in [0.4, 0.5) is 13.2 Å². The fourth-order valence-corrected chi connectivity index (χ4v) is 3.01. The lowest BCUT2D eigenvalue weighted by molar-refractivity contribution is -0.146. The van der Waals surface area contributed by atoms with Gasteiger partial charge in [-0.05, 0) is 23.6 Å². The first kappa shape index (κ1) is 17.7. The molecule has 0 unspecified atom stereocenters. The molecule has 4 nitrogen and oxygen atoms in total. The average Bonchev–Trinajstić information content (AvgIpc) is 2.58. The number of benzene rings is 1. The minimum absolute atomic E-state index is 0.127. The van der Waals surface area contributed by atoms with Crippen molar-refractivity contribution in [1.29, 1.82) is 0 Å². The summed E-state index contributed by atoms with van der Waals surface area (Å²) in [6.45, 7) is 3.64. The van der Waals surface area contributed by atoms with Gasteiger partial charge in [-0.1, -0.05) is 19.1 Å². The molecule has 1 heterocycles. The number of nitrogens with zero attached hydrogens (tertiary/aromatic N) is 2. The highest BCUT2D eigenvalue weighted by atomic mass is 19.4. The maximum atomic E-state index is 12.6. The van der Waals surface area contributed by atoms with E-state index in [9.17, 15) is 18.0 Å². The number of halogens is 3. The fourth-order valence-electron chi connectivity index (χ4n) is 3.01. The first-order chi connectivity index (χ1) is 10.7. The Bertz CT molecular complexity index is 548. The van der Waals surface area contributed by atoms with Crippen LogP contribution in [0.3, 0.4) is 0 Å². The highest BCUT2D eigenvalue weighted by Gasteiger charge is 2.32. The maximum Gasteiger partial charge on any atom is 0.401 e. The van der Waals surface area contributed by atoms with Crippen LogP contribution in [0, 0.1) is 5.92 Å². The van der Waals surface area contributed by atoms with E-state index in [4.69, 9.17) is 5.11 Å². The number of hydrogen-bond acceptors (Lipinski definition) is 3. The predicted molar refractivity (Wildman–Crippen MR) is 80.3 cm³/mol. The summed E-state index contributed by atoms with van der Waals surface area (Å²) in [6, 6.07) is 6.68. The van der Waals surface area contributed by atoms with Gasteiger partial charge >= 0.3 is 12.1 Å². The van der Waals surface area contributed by atoms with Crippen LogP contribution in [-0.4, -0.2) is 59.8 Å². The summed E-state index contributed by atoms with van der Waals surface area (Å²) in [5.74, 6) is -0.852. The second-order valence-corrected chi connectivity index (χ2v) is 6.20. The Morgan fingerprint density at radius 3 is 2.57 bits per heavy atom. The first-order valence-corrected chi connectivity index (χ1v) is 7.56. The van der Waals surface area contributed by atoms with Crippen LogP contribution >= 0.6 is 0 Å². The zero-order valence-electron chi connectivity index (χ0n) is 13.0. The summed E-state index contributed by atoms with van der Waals surface area (Å²) < 4.78 is 37.7. The minimum atomic E-state index is -4.18. The molecule has 0 bridgehead atoms. The number of carboxylic acid groups (broad SMARTS) is 1. The molecular formula is C16H21F3N2O2. The van der Waals surface area contributed by atoms with Crippen molar-refractivity contribution in [2.24, 2.45) is 5.92 Å². The van der Waals surface area contributed by atoms with E-state index in [0.29, 0.717) is 32.7 Å². The summed E-state index contributed by atoms with van der Waals surface area (Å²) in [5.41, 5.74) is 1.09. The molecule has 1 aliphatic rings. The number of rotatable bonds is 4. The van der Waals surface area contributed by atoms with Crippen molar-refractivity contribution in [1.82, 2.24) is 9.80 Å². The van der Waals surface area contributed by atoms with E-state index in [1.807, 2.05) is 13.0 Å². The third kappa shape index (κ3) is 5.84. The average molecular weight is 330 g/mol. The maximum absolute atomic E-state index is 12.6. The van der Waals surface area contributed by atoms with Gasteiger partial charge < -0.3 is 5.11 Å². The third-order valence-corrected chi connectivity index (χ3v) is 3.86. The van der Waals surface area contributed by atoms with Gasteiger partial charge in [0.1, 0.15) is 0 Å². The lowest BCUT2D eigenvalue weighted by atomic mass is 10.1. The van der Waals surface area contributed by atoms with E-state index < -0.39 is 18.7 Å². The molecule has 1 N–H and O–H groups in total. The smallest absolute Gasteiger partial charge is 0.401 e. The number of alkyl halides is 3. The molecule has 0 spiro atoms. The Kier molecular flexibility index (Phi) is 5.64. The molecule has 0 aromatic heterocycles. The summed E-state index contributed by atoms with van der Waals surface area (Å²) in [7, 11) is 0. The molecule has 1 aliphatic heterocycles. The number of carboxylic acids is 1. The SMILES string of the molecule is C[C@@H]1CN(Cc2cccc(C(=O)O)c2)CCN(CC(F)(F)F)C1. The van der Waals surface area contributed by atoms with Crippen LogP contribution in [0.5, 0.6) is 0 Å². The number of hydrogen-bond donors (Lipinski definition) is 1. The quantitative estimate of drug-likeness (QED) is 0.922. The monoisotopic (exact) mass is 330 g/mol. The molecule has 1 aromatic carbocycles. The third-order valence-electron chi connectivity index (χ3n) is 3.86. The normalized spacial score (nSPS) is 21.1. The van der Waals surface area contributed by atoms with E-state index in [0.717, 1.165) is 5.56 Å². The largest absolute Gasteiger partial charge is 0.478 e. The van der Waals surface area contributed by atoms with Crippen LogP contribution in [-0.2, 0) is 6.54 Å². The molecule has 1 aromatic rings. The molecule has 0 aliphatic carbocycles. The van der Waals surface area contributed by atoms with Crippen molar-refractivity contribution in [3.63, 3.8) is 0 Å². The molecule has 7 heteroatoms. The molecule has 0 amide bonds. The Morgan fingerprint density at radius 1 is 1.26 bits per heavy atom. The fraction of sp³-hybridized carbons (Fsp3) is 0.562. The molecule has 1 fully saturated rings. The molecule has 1 saturated heterocycles. The van der Waals surface area contributed by atoms with E-state index in [2.05, 4.69) is 4.90 Å². The Morgan fingerprint density at radius 2 is 1.91 bits per heavy atom. The standard InChI is InChI=1S/C16H21F3N2O2/c1-12-8-20(5-6-21(9-12)11-16(17,18)19)10-13-3-2-4-14(7-13)15(22)23/h2-4,7,12H,5-6,8-11H2,1H3,(H,22,23)/t12-/m1/s1. The van der Waals surface area contributed by atoms with Crippen molar-refractivity contribution < 1.29 is 23.1 Å². The van der Waals surface area contributed by atoms with Gasteiger partial charge in [-0.25, -0.2) is 4.79 Å². The van der Waals surface area contributed by atoms with Gasteiger partial charge in [0.05, 0.1) is 12.1 Å².